The van der Waals surface area contributed by atoms with Gasteiger partial charge >= 0.3 is 0 Å². The molecule has 3 rings (SSSR count). The number of hydrogen-bond acceptors (Lipinski definition) is 2. The van der Waals surface area contributed by atoms with E-state index in [-0.39, 0.29) is 5.91 Å². The van der Waals surface area contributed by atoms with Crippen LogP contribution in [0, 0.1) is 0 Å². The van der Waals surface area contributed by atoms with E-state index in [1.807, 2.05) is 47.4 Å². The van der Waals surface area contributed by atoms with Crippen LogP contribution in [0.2, 0.25) is 0 Å². The van der Waals surface area contributed by atoms with Crippen molar-refractivity contribution in [2.75, 3.05) is 13.7 Å². The summed E-state index contributed by atoms with van der Waals surface area (Å²) in [4.78, 5) is 14.8. The zero-order valence-electron chi connectivity index (χ0n) is 16.6. The van der Waals surface area contributed by atoms with Crippen LogP contribution >= 0.6 is 15.9 Å². The van der Waals surface area contributed by atoms with Gasteiger partial charge in [0.2, 0.25) is 5.91 Å². The Labute approximate surface area is 180 Å². The predicted molar refractivity (Wildman–Crippen MR) is 120 cm³/mol. The van der Waals surface area contributed by atoms with E-state index in [1.54, 1.807) is 13.2 Å². The van der Waals surface area contributed by atoms with Crippen molar-refractivity contribution < 1.29 is 9.53 Å². The first-order valence-corrected chi connectivity index (χ1v) is 10.3. The zero-order chi connectivity index (χ0) is 20.6. The third-order valence-electron chi connectivity index (χ3n) is 4.76. The first kappa shape index (κ1) is 20.9. The number of amides is 1. The second-order valence-electron chi connectivity index (χ2n) is 6.84. The van der Waals surface area contributed by atoms with Gasteiger partial charge in [0, 0.05) is 29.5 Å². The smallest absolute Gasteiger partial charge is 0.227 e. The number of aromatic nitrogens is 1. The third-order valence-corrected chi connectivity index (χ3v) is 5.29. The number of carbonyl (C=O) groups excluding carboxylic acids is 1. The molecular formula is C24H25BrN2O2. The highest BCUT2D eigenvalue weighted by Crippen LogP contribution is 2.16. The molecule has 0 saturated carbocycles. The first-order valence-electron chi connectivity index (χ1n) is 9.49. The number of halogens is 1. The van der Waals surface area contributed by atoms with E-state index in [2.05, 4.69) is 51.5 Å². The van der Waals surface area contributed by atoms with Crippen LogP contribution < -0.4 is 4.74 Å². The van der Waals surface area contributed by atoms with Crippen molar-refractivity contribution >= 4 is 21.8 Å². The maximum Gasteiger partial charge on any atom is 0.227 e. The average Bonchev–Trinajstić information content (AvgIpc) is 3.16. The minimum atomic E-state index is 0.0754. The minimum Gasteiger partial charge on any atom is -0.497 e. The van der Waals surface area contributed by atoms with Gasteiger partial charge < -0.3 is 14.2 Å². The van der Waals surface area contributed by atoms with Crippen LogP contribution in [0.15, 0.2) is 84.0 Å². The van der Waals surface area contributed by atoms with Crippen molar-refractivity contribution in [3.05, 3.63) is 101 Å². The minimum absolute atomic E-state index is 0.0754. The Hall–Kier alpha value is -2.79. The molecule has 150 valence electrons. The van der Waals surface area contributed by atoms with E-state index in [4.69, 9.17) is 4.74 Å². The number of hydrogen-bond donors (Lipinski definition) is 0. The summed E-state index contributed by atoms with van der Waals surface area (Å²) in [7, 11) is 1.63. The lowest BCUT2D eigenvalue weighted by molar-refractivity contribution is -0.130. The Kier molecular flexibility index (Phi) is 7.30. The molecule has 1 amide bonds. The number of benzene rings is 2. The van der Waals surface area contributed by atoms with Crippen molar-refractivity contribution in [1.82, 2.24) is 9.47 Å². The highest BCUT2D eigenvalue weighted by Gasteiger charge is 2.15. The summed E-state index contributed by atoms with van der Waals surface area (Å²) >= 11 is 3.47. The molecule has 0 unspecified atom stereocenters. The molecule has 0 aliphatic heterocycles. The SMILES string of the molecule is C=CCN(Cc1cccn1Cc1ccc(Br)cc1)C(=O)Cc1ccc(OC)cc1. The summed E-state index contributed by atoms with van der Waals surface area (Å²) in [5.41, 5.74) is 3.28. The van der Waals surface area contributed by atoms with Crippen LogP contribution in [0.1, 0.15) is 16.8 Å². The maximum atomic E-state index is 12.9. The summed E-state index contributed by atoms with van der Waals surface area (Å²) in [5, 5.41) is 0. The lowest BCUT2D eigenvalue weighted by atomic mass is 10.1. The fraction of sp³-hybridized carbons (Fsp3) is 0.208. The zero-order valence-corrected chi connectivity index (χ0v) is 18.1. The van der Waals surface area contributed by atoms with Gasteiger partial charge in [-0.3, -0.25) is 4.79 Å². The molecule has 1 aromatic heterocycles. The Balaban J connectivity index is 1.69. The molecule has 2 aromatic carbocycles. The molecule has 0 aliphatic carbocycles. The Morgan fingerprint density at radius 1 is 1.10 bits per heavy atom. The van der Waals surface area contributed by atoms with Gasteiger partial charge in [-0.25, -0.2) is 0 Å². The van der Waals surface area contributed by atoms with Crippen molar-refractivity contribution in [1.29, 1.82) is 0 Å². The van der Waals surface area contributed by atoms with Crippen molar-refractivity contribution in [2.45, 2.75) is 19.5 Å². The highest BCUT2D eigenvalue weighted by molar-refractivity contribution is 9.10. The Bertz CT molecular complexity index is 946. The maximum absolute atomic E-state index is 12.9. The Morgan fingerprint density at radius 2 is 1.79 bits per heavy atom. The molecule has 4 nitrogen and oxygen atoms in total. The van der Waals surface area contributed by atoms with Gasteiger partial charge in [0.15, 0.2) is 0 Å². The molecule has 3 aromatic rings. The van der Waals surface area contributed by atoms with Gasteiger partial charge in [-0.15, -0.1) is 6.58 Å². The fourth-order valence-corrected chi connectivity index (χ4v) is 3.43. The summed E-state index contributed by atoms with van der Waals surface area (Å²) in [6.45, 7) is 5.65. The first-order chi connectivity index (χ1) is 14.1. The molecule has 0 spiro atoms. The lowest BCUT2D eigenvalue weighted by Crippen LogP contribution is -2.32. The van der Waals surface area contributed by atoms with Gasteiger partial charge in [-0.1, -0.05) is 46.3 Å². The van der Waals surface area contributed by atoms with Crippen LogP contribution in [0.3, 0.4) is 0 Å². The number of methoxy groups -OCH3 is 1. The standard InChI is InChI=1S/C24H25BrN2O2/c1-3-14-27(24(28)16-19-8-12-23(29-2)13-9-19)18-22-5-4-15-26(22)17-20-6-10-21(25)11-7-20/h3-13,15H,1,14,16-18H2,2H3. The van der Waals surface area contributed by atoms with Gasteiger partial charge in [0.25, 0.3) is 0 Å². The second kappa shape index (κ2) is 10.1. The molecule has 29 heavy (non-hydrogen) atoms. The number of rotatable bonds is 9. The lowest BCUT2D eigenvalue weighted by Gasteiger charge is -2.22. The topological polar surface area (TPSA) is 34.5 Å². The monoisotopic (exact) mass is 452 g/mol. The normalized spacial score (nSPS) is 10.6. The Morgan fingerprint density at radius 3 is 2.45 bits per heavy atom. The second-order valence-corrected chi connectivity index (χ2v) is 7.76. The van der Waals surface area contributed by atoms with Crippen LogP contribution in [-0.4, -0.2) is 29.0 Å². The van der Waals surface area contributed by atoms with E-state index in [0.29, 0.717) is 19.5 Å². The fourth-order valence-electron chi connectivity index (χ4n) is 3.17. The molecule has 0 saturated heterocycles. The predicted octanol–water partition coefficient (Wildman–Crippen LogP) is 5.06. The van der Waals surface area contributed by atoms with Crippen molar-refractivity contribution in [2.24, 2.45) is 0 Å². The van der Waals surface area contributed by atoms with E-state index in [0.717, 1.165) is 28.0 Å². The van der Waals surface area contributed by atoms with Crippen LogP contribution in [-0.2, 0) is 24.3 Å². The molecule has 0 N–H and O–H groups in total. The van der Waals surface area contributed by atoms with Crippen LogP contribution in [0.25, 0.3) is 0 Å². The van der Waals surface area contributed by atoms with Gasteiger partial charge in [0.05, 0.1) is 20.1 Å². The molecule has 0 fully saturated rings. The molecule has 0 aliphatic rings. The average molecular weight is 453 g/mol. The van der Waals surface area contributed by atoms with Gasteiger partial charge in [-0.2, -0.15) is 0 Å². The summed E-state index contributed by atoms with van der Waals surface area (Å²) in [6.07, 6.45) is 4.18. The van der Waals surface area contributed by atoms with E-state index < -0.39 is 0 Å². The van der Waals surface area contributed by atoms with Crippen LogP contribution in [0.5, 0.6) is 5.75 Å². The third kappa shape index (κ3) is 5.84. The number of ether oxygens (including phenoxy) is 1. The number of carbonyl (C=O) groups is 1. The van der Waals surface area contributed by atoms with Crippen molar-refractivity contribution in [3.8, 4) is 5.75 Å². The summed E-state index contributed by atoms with van der Waals surface area (Å²) < 4.78 is 8.43. The summed E-state index contributed by atoms with van der Waals surface area (Å²) in [5.74, 6) is 0.862. The van der Waals surface area contributed by atoms with Crippen LogP contribution in [0.4, 0.5) is 0 Å². The quantitative estimate of drug-likeness (QED) is 0.425. The van der Waals surface area contributed by atoms with E-state index in [1.165, 1.54) is 5.56 Å². The van der Waals surface area contributed by atoms with Gasteiger partial charge in [-0.05, 0) is 47.5 Å². The molecule has 5 heteroatoms. The molecule has 0 radical (unpaired) electrons. The largest absolute Gasteiger partial charge is 0.497 e. The molecule has 0 bridgehead atoms. The van der Waals surface area contributed by atoms with E-state index in [9.17, 15) is 4.79 Å². The van der Waals surface area contributed by atoms with E-state index >= 15 is 0 Å². The van der Waals surface area contributed by atoms with Gasteiger partial charge in [0.1, 0.15) is 5.75 Å². The molecule has 0 atom stereocenters. The molecule has 1 heterocycles. The number of nitrogens with zero attached hydrogens (tertiary/aromatic N) is 2. The molecular weight excluding hydrogens is 428 g/mol. The summed E-state index contributed by atoms with van der Waals surface area (Å²) in [6, 6.07) is 20.0. The highest BCUT2D eigenvalue weighted by atomic mass is 79.9. The van der Waals surface area contributed by atoms with Crippen molar-refractivity contribution in [3.63, 3.8) is 0 Å².